The lowest BCUT2D eigenvalue weighted by atomic mass is 9.86. The van der Waals surface area contributed by atoms with Gasteiger partial charge in [0.05, 0.1) is 5.84 Å². The van der Waals surface area contributed by atoms with E-state index in [0.717, 1.165) is 18.6 Å². The van der Waals surface area contributed by atoms with Gasteiger partial charge in [0.1, 0.15) is 0 Å². The molecule has 0 saturated heterocycles. The first-order valence-corrected chi connectivity index (χ1v) is 8.57. The van der Waals surface area contributed by atoms with Gasteiger partial charge < -0.3 is 5.73 Å². The molecule has 1 aliphatic rings. The molecule has 2 nitrogen and oxygen atoms in total. The molecule has 0 fully saturated rings. The summed E-state index contributed by atoms with van der Waals surface area (Å²) in [5.41, 5.74) is 8.58. The lowest BCUT2D eigenvalue weighted by Gasteiger charge is -2.22. The molecule has 1 aliphatic carbocycles. The summed E-state index contributed by atoms with van der Waals surface area (Å²) in [5.74, 6) is 1.47. The van der Waals surface area contributed by atoms with Gasteiger partial charge in [0.2, 0.25) is 0 Å². The Labute approximate surface area is 127 Å². The highest BCUT2D eigenvalue weighted by molar-refractivity contribution is 7.99. The molecule has 0 atom stereocenters. The fourth-order valence-corrected chi connectivity index (χ4v) is 3.61. The zero-order valence-electron chi connectivity index (χ0n) is 12.7. The van der Waals surface area contributed by atoms with Gasteiger partial charge in [0, 0.05) is 10.3 Å². The molecule has 0 aliphatic heterocycles. The predicted molar refractivity (Wildman–Crippen MR) is 88.7 cm³/mol. The van der Waals surface area contributed by atoms with Gasteiger partial charge in [-0.15, -0.1) is 11.8 Å². The lowest BCUT2D eigenvalue weighted by molar-refractivity contribution is 0.448. The van der Waals surface area contributed by atoms with Gasteiger partial charge in [-0.1, -0.05) is 26.3 Å². The zero-order valence-corrected chi connectivity index (χ0v) is 13.5. The van der Waals surface area contributed by atoms with Crippen LogP contribution < -0.4 is 5.73 Å². The average Bonchev–Trinajstić information content (AvgIpc) is 2.85. The molecule has 0 radical (unpaired) electrons. The van der Waals surface area contributed by atoms with Gasteiger partial charge >= 0.3 is 0 Å². The minimum Gasteiger partial charge on any atom is -0.387 e. The van der Waals surface area contributed by atoms with Gasteiger partial charge in [-0.25, -0.2) is 0 Å². The number of hydrogen-bond acceptors (Lipinski definition) is 2. The van der Waals surface area contributed by atoms with Crippen LogP contribution in [0.25, 0.3) is 0 Å². The van der Waals surface area contributed by atoms with Gasteiger partial charge in [-0.2, -0.15) is 0 Å². The van der Waals surface area contributed by atoms with Crippen LogP contribution in [0.1, 0.15) is 50.7 Å². The van der Waals surface area contributed by atoms with E-state index >= 15 is 0 Å². The average molecular weight is 290 g/mol. The second kappa shape index (κ2) is 6.66. The van der Waals surface area contributed by atoms with E-state index in [4.69, 9.17) is 11.1 Å². The summed E-state index contributed by atoms with van der Waals surface area (Å²) in [7, 11) is 0. The summed E-state index contributed by atoms with van der Waals surface area (Å²) in [6, 6.07) is 6.96. The van der Waals surface area contributed by atoms with Crippen molar-refractivity contribution in [2.45, 2.75) is 57.3 Å². The Hall–Kier alpha value is -0.960. The Morgan fingerprint density at radius 1 is 1.25 bits per heavy atom. The first-order valence-electron chi connectivity index (χ1n) is 7.58. The number of amidine groups is 1. The van der Waals surface area contributed by atoms with E-state index in [0.29, 0.717) is 5.84 Å². The summed E-state index contributed by atoms with van der Waals surface area (Å²) in [4.78, 5) is 1.41. The van der Waals surface area contributed by atoms with Crippen molar-refractivity contribution in [3.05, 3.63) is 29.3 Å². The monoisotopic (exact) mass is 290 g/mol. The topological polar surface area (TPSA) is 49.9 Å². The molecule has 1 aromatic rings. The number of nitrogens with two attached hydrogens (primary N) is 1. The van der Waals surface area contributed by atoms with Crippen LogP contribution in [0.2, 0.25) is 0 Å². The maximum Gasteiger partial charge on any atom is 0.0963 e. The van der Waals surface area contributed by atoms with E-state index in [1.54, 1.807) is 11.1 Å². The van der Waals surface area contributed by atoms with Gasteiger partial charge in [-0.3, -0.25) is 5.41 Å². The quantitative estimate of drug-likeness (QED) is 0.338. The number of rotatable bonds is 7. The molecule has 0 bridgehead atoms. The number of fused-ring (bicyclic) bond motifs is 1. The number of nitrogens with one attached hydrogen (secondary N) is 1. The number of unbranched alkanes of at least 4 members (excludes halogenated alkanes) is 1. The summed E-state index contributed by atoms with van der Waals surface area (Å²) < 4.78 is 0. The fraction of sp³-hybridized carbons (Fsp3) is 0.588. The van der Waals surface area contributed by atoms with Crippen LogP contribution in [0, 0.1) is 10.8 Å². The van der Waals surface area contributed by atoms with Crippen LogP contribution in [0.15, 0.2) is 23.1 Å². The maximum absolute atomic E-state index is 7.56. The molecule has 3 N–H and O–H groups in total. The molecule has 20 heavy (non-hydrogen) atoms. The largest absolute Gasteiger partial charge is 0.387 e. The molecule has 3 heteroatoms. The number of thioether (sulfide) groups is 1. The molecule has 2 rings (SSSR count). The summed E-state index contributed by atoms with van der Waals surface area (Å²) in [6.45, 7) is 4.12. The fourth-order valence-electron chi connectivity index (χ4n) is 2.63. The molecular formula is C17H26N2S. The molecule has 110 valence electrons. The SMILES string of the molecule is CC(C)(CCCCSc1ccc2c(c1)CCC2)C(=N)N. The highest BCUT2D eigenvalue weighted by Crippen LogP contribution is 2.29. The Kier molecular flexibility index (Phi) is 5.14. The van der Waals surface area contributed by atoms with E-state index in [9.17, 15) is 0 Å². The van der Waals surface area contributed by atoms with Crippen LogP contribution in [0.4, 0.5) is 0 Å². The second-order valence-corrected chi connectivity index (χ2v) is 7.56. The van der Waals surface area contributed by atoms with Crippen LogP contribution in [-0.2, 0) is 12.8 Å². The zero-order chi connectivity index (χ0) is 14.6. The van der Waals surface area contributed by atoms with Crippen molar-refractivity contribution in [1.29, 1.82) is 5.41 Å². The Bertz CT molecular complexity index is 480. The highest BCUT2D eigenvalue weighted by atomic mass is 32.2. The Morgan fingerprint density at radius 3 is 2.75 bits per heavy atom. The van der Waals surface area contributed by atoms with E-state index in [1.807, 2.05) is 11.8 Å². The minimum atomic E-state index is -0.141. The Morgan fingerprint density at radius 2 is 2.00 bits per heavy atom. The molecule has 1 aromatic carbocycles. The summed E-state index contributed by atoms with van der Waals surface area (Å²) in [6.07, 6.45) is 7.19. The molecule has 0 saturated carbocycles. The van der Waals surface area contributed by atoms with Crippen LogP contribution in [0.3, 0.4) is 0 Å². The van der Waals surface area contributed by atoms with Crippen molar-refractivity contribution in [2.24, 2.45) is 11.1 Å². The third-order valence-corrected chi connectivity index (χ3v) is 5.34. The van der Waals surface area contributed by atoms with Crippen LogP contribution in [-0.4, -0.2) is 11.6 Å². The van der Waals surface area contributed by atoms with E-state index < -0.39 is 0 Å². The smallest absolute Gasteiger partial charge is 0.0963 e. The van der Waals surface area contributed by atoms with E-state index in [-0.39, 0.29) is 5.41 Å². The van der Waals surface area contributed by atoms with Gasteiger partial charge in [0.15, 0.2) is 0 Å². The summed E-state index contributed by atoms with van der Waals surface area (Å²) in [5, 5.41) is 7.56. The third-order valence-electron chi connectivity index (χ3n) is 4.26. The molecular weight excluding hydrogens is 264 g/mol. The van der Waals surface area contributed by atoms with Crippen LogP contribution in [0.5, 0.6) is 0 Å². The maximum atomic E-state index is 7.56. The van der Waals surface area contributed by atoms with Crippen molar-refractivity contribution in [2.75, 3.05) is 5.75 Å². The van der Waals surface area contributed by atoms with Crippen LogP contribution >= 0.6 is 11.8 Å². The molecule has 0 aromatic heterocycles. The molecule has 0 amide bonds. The standard InChI is InChI=1S/C17H26N2S/c1-17(2,16(18)19)10-3-4-11-20-15-9-8-13-6-5-7-14(13)12-15/h8-9,12H,3-7,10-11H2,1-2H3,(H3,18,19). The lowest BCUT2D eigenvalue weighted by Crippen LogP contribution is -2.30. The normalized spacial score (nSPS) is 14.3. The van der Waals surface area contributed by atoms with Gasteiger partial charge in [0.25, 0.3) is 0 Å². The van der Waals surface area contributed by atoms with E-state index in [2.05, 4.69) is 32.0 Å². The predicted octanol–water partition coefficient (Wildman–Crippen LogP) is 4.40. The number of aryl methyl sites for hydroxylation is 2. The third kappa shape index (κ3) is 4.02. The molecule has 0 heterocycles. The Balaban J connectivity index is 1.70. The van der Waals surface area contributed by atoms with Crippen molar-refractivity contribution in [1.82, 2.24) is 0 Å². The number of benzene rings is 1. The van der Waals surface area contributed by atoms with Gasteiger partial charge in [-0.05, 0) is 61.1 Å². The second-order valence-electron chi connectivity index (χ2n) is 6.39. The van der Waals surface area contributed by atoms with Crippen molar-refractivity contribution >= 4 is 17.6 Å². The van der Waals surface area contributed by atoms with Crippen molar-refractivity contribution in [3.63, 3.8) is 0 Å². The summed E-state index contributed by atoms with van der Waals surface area (Å²) >= 11 is 1.96. The van der Waals surface area contributed by atoms with Crippen molar-refractivity contribution < 1.29 is 0 Å². The minimum absolute atomic E-state index is 0.141. The van der Waals surface area contributed by atoms with Crippen molar-refractivity contribution in [3.8, 4) is 0 Å². The first-order chi connectivity index (χ1) is 9.49. The molecule has 0 unspecified atom stereocenters. The highest BCUT2D eigenvalue weighted by Gasteiger charge is 2.20. The first kappa shape index (κ1) is 15.4. The molecule has 0 spiro atoms. The number of hydrogen-bond donors (Lipinski definition) is 2. The van der Waals surface area contributed by atoms with E-state index in [1.165, 1.54) is 30.6 Å².